The third-order valence-corrected chi connectivity index (χ3v) is 2.23. The SMILES string of the molecule is C#CCOc1cc2c(cc1CNC)OCO2. The van der Waals surface area contributed by atoms with Gasteiger partial charge in [-0.25, -0.2) is 0 Å². The number of hydrogen-bond donors (Lipinski definition) is 1. The number of benzene rings is 1. The van der Waals surface area contributed by atoms with Crippen LogP contribution in [0.5, 0.6) is 17.2 Å². The van der Waals surface area contributed by atoms with E-state index in [9.17, 15) is 0 Å². The van der Waals surface area contributed by atoms with Gasteiger partial charge >= 0.3 is 0 Å². The van der Waals surface area contributed by atoms with Crippen molar-refractivity contribution in [3.63, 3.8) is 0 Å². The zero-order valence-electron chi connectivity index (χ0n) is 9.08. The second-order valence-corrected chi connectivity index (χ2v) is 3.34. The molecule has 0 spiro atoms. The van der Waals surface area contributed by atoms with Crippen molar-refractivity contribution < 1.29 is 14.2 Å². The van der Waals surface area contributed by atoms with Gasteiger partial charge in [0.25, 0.3) is 0 Å². The van der Waals surface area contributed by atoms with Crippen LogP contribution in [0.15, 0.2) is 12.1 Å². The molecule has 2 rings (SSSR count). The van der Waals surface area contributed by atoms with Gasteiger partial charge in [-0.3, -0.25) is 0 Å². The van der Waals surface area contributed by atoms with Crippen LogP contribution in [-0.4, -0.2) is 20.4 Å². The molecule has 0 amide bonds. The van der Waals surface area contributed by atoms with E-state index >= 15 is 0 Å². The van der Waals surface area contributed by atoms with Gasteiger partial charge in [-0.15, -0.1) is 6.42 Å². The van der Waals surface area contributed by atoms with Gasteiger partial charge < -0.3 is 19.5 Å². The minimum atomic E-state index is 0.246. The Morgan fingerprint density at radius 3 is 2.88 bits per heavy atom. The lowest BCUT2D eigenvalue weighted by atomic mass is 10.1. The van der Waals surface area contributed by atoms with Crippen molar-refractivity contribution in [1.82, 2.24) is 5.32 Å². The summed E-state index contributed by atoms with van der Waals surface area (Å²) in [5, 5.41) is 3.06. The van der Waals surface area contributed by atoms with Crippen LogP contribution in [0.4, 0.5) is 0 Å². The lowest BCUT2D eigenvalue weighted by Gasteiger charge is -2.10. The van der Waals surface area contributed by atoms with Crippen molar-refractivity contribution in [3.8, 4) is 29.6 Å². The average Bonchev–Trinajstić information content (AvgIpc) is 2.73. The molecule has 1 aliphatic heterocycles. The number of hydrogen-bond acceptors (Lipinski definition) is 4. The lowest BCUT2D eigenvalue weighted by molar-refractivity contribution is 0.174. The summed E-state index contributed by atoms with van der Waals surface area (Å²) in [7, 11) is 1.87. The predicted molar refractivity (Wildman–Crippen MR) is 59.7 cm³/mol. The van der Waals surface area contributed by atoms with Crippen LogP contribution in [0.2, 0.25) is 0 Å². The van der Waals surface area contributed by atoms with E-state index in [-0.39, 0.29) is 13.4 Å². The van der Waals surface area contributed by atoms with E-state index in [0.29, 0.717) is 12.3 Å². The van der Waals surface area contributed by atoms with E-state index in [2.05, 4.69) is 11.2 Å². The Morgan fingerprint density at radius 2 is 2.19 bits per heavy atom. The topological polar surface area (TPSA) is 39.7 Å². The van der Waals surface area contributed by atoms with Crippen LogP contribution in [0.3, 0.4) is 0 Å². The molecule has 84 valence electrons. The number of nitrogens with one attached hydrogen (secondary N) is 1. The summed E-state index contributed by atoms with van der Waals surface area (Å²) in [5.74, 6) is 4.62. The van der Waals surface area contributed by atoms with Crippen molar-refractivity contribution in [1.29, 1.82) is 0 Å². The maximum atomic E-state index is 5.45. The van der Waals surface area contributed by atoms with Crippen LogP contribution in [-0.2, 0) is 6.54 Å². The zero-order chi connectivity index (χ0) is 11.4. The normalized spacial score (nSPS) is 12.2. The number of terminal acetylenes is 1. The van der Waals surface area contributed by atoms with Crippen LogP contribution in [0.1, 0.15) is 5.56 Å². The smallest absolute Gasteiger partial charge is 0.231 e. The molecule has 0 radical (unpaired) electrons. The highest BCUT2D eigenvalue weighted by Crippen LogP contribution is 2.38. The summed E-state index contributed by atoms with van der Waals surface area (Å²) in [6.07, 6.45) is 5.17. The Morgan fingerprint density at radius 1 is 1.44 bits per heavy atom. The largest absolute Gasteiger partial charge is 0.480 e. The molecule has 4 heteroatoms. The van der Waals surface area contributed by atoms with E-state index in [0.717, 1.165) is 17.1 Å². The van der Waals surface area contributed by atoms with Gasteiger partial charge in [0, 0.05) is 18.2 Å². The van der Waals surface area contributed by atoms with E-state index in [1.54, 1.807) is 0 Å². The monoisotopic (exact) mass is 219 g/mol. The number of rotatable bonds is 4. The highest BCUT2D eigenvalue weighted by Gasteiger charge is 2.17. The molecular weight excluding hydrogens is 206 g/mol. The van der Waals surface area contributed by atoms with Crippen molar-refractivity contribution in [2.75, 3.05) is 20.4 Å². The molecule has 1 aromatic carbocycles. The zero-order valence-corrected chi connectivity index (χ0v) is 9.08. The fraction of sp³-hybridized carbons (Fsp3) is 0.333. The minimum absolute atomic E-state index is 0.246. The number of fused-ring (bicyclic) bond motifs is 1. The van der Waals surface area contributed by atoms with Gasteiger partial charge in [0.1, 0.15) is 12.4 Å². The molecule has 0 saturated heterocycles. The Balaban J connectivity index is 2.29. The molecule has 16 heavy (non-hydrogen) atoms. The van der Waals surface area contributed by atoms with Gasteiger partial charge in [0.2, 0.25) is 6.79 Å². The molecule has 1 aromatic rings. The summed E-state index contributed by atoms with van der Waals surface area (Å²) in [4.78, 5) is 0. The molecule has 4 nitrogen and oxygen atoms in total. The maximum absolute atomic E-state index is 5.45. The first-order valence-corrected chi connectivity index (χ1v) is 4.98. The fourth-order valence-corrected chi connectivity index (χ4v) is 1.55. The van der Waals surface area contributed by atoms with Crippen molar-refractivity contribution in [2.24, 2.45) is 0 Å². The molecule has 1 N–H and O–H groups in total. The van der Waals surface area contributed by atoms with Crippen molar-refractivity contribution in [2.45, 2.75) is 6.54 Å². The second-order valence-electron chi connectivity index (χ2n) is 3.34. The second kappa shape index (κ2) is 4.77. The maximum Gasteiger partial charge on any atom is 0.231 e. The van der Waals surface area contributed by atoms with Gasteiger partial charge in [-0.05, 0) is 13.1 Å². The fourth-order valence-electron chi connectivity index (χ4n) is 1.55. The first kappa shape index (κ1) is 10.7. The third-order valence-electron chi connectivity index (χ3n) is 2.23. The summed E-state index contributed by atoms with van der Waals surface area (Å²) in [6, 6.07) is 3.72. The van der Waals surface area contributed by atoms with Gasteiger partial charge in [-0.1, -0.05) is 5.92 Å². The third kappa shape index (κ3) is 2.05. The Bertz CT molecular complexity index is 423. The van der Waals surface area contributed by atoms with Crippen LogP contribution >= 0.6 is 0 Å². The molecule has 1 aliphatic rings. The van der Waals surface area contributed by atoms with E-state index < -0.39 is 0 Å². The van der Waals surface area contributed by atoms with Gasteiger partial charge in [0.15, 0.2) is 11.5 Å². The van der Waals surface area contributed by atoms with E-state index in [1.807, 2.05) is 19.2 Å². The van der Waals surface area contributed by atoms with Crippen LogP contribution in [0, 0.1) is 12.3 Å². The highest BCUT2D eigenvalue weighted by atomic mass is 16.7. The van der Waals surface area contributed by atoms with Crippen LogP contribution < -0.4 is 19.5 Å². The number of ether oxygens (including phenoxy) is 3. The first-order chi connectivity index (χ1) is 7.85. The predicted octanol–water partition coefficient (Wildman–Crippen LogP) is 1.15. The van der Waals surface area contributed by atoms with Gasteiger partial charge in [0.05, 0.1) is 0 Å². The lowest BCUT2D eigenvalue weighted by Crippen LogP contribution is -2.07. The quantitative estimate of drug-likeness (QED) is 0.771. The van der Waals surface area contributed by atoms with E-state index in [1.165, 1.54) is 0 Å². The molecule has 0 unspecified atom stereocenters. The summed E-state index contributed by atoms with van der Waals surface area (Å²) in [6.45, 7) is 1.19. The Hall–Kier alpha value is -1.86. The molecule has 0 aliphatic carbocycles. The van der Waals surface area contributed by atoms with Crippen molar-refractivity contribution in [3.05, 3.63) is 17.7 Å². The molecule has 0 atom stereocenters. The molecule has 0 bridgehead atoms. The standard InChI is InChI=1S/C12H13NO3/c1-3-4-14-10-6-12-11(15-8-16-12)5-9(10)7-13-2/h1,5-6,13H,4,7-8H2,2H3. The average molecular weight is 219 g/mol. The van der Waals surface area contributed by atoms with Crippen molar-refractivity contribution >= 4 is 0 Å². The van der Waals surface area contributed by atoms with Crippen LogP contribution in [0.25, 0.3) is 0 Å². The highest BCUT2D eigenvalue weighted by molar-refractivity contribution is 5.51. The first-order valence-electron chi connectivity index (χ1n) is 4.98. The van der Waals surface area contributed by atoms with E-state index in [4.69, 9.17) is 20.6 Å². The Kier molecular flexibility index (Phi) is 3.18. The summed E-state index contributed by atoms with van der Waals surface area (Å²) in [5.41, 5.74) is 1.00. The molecule has 0 fully saturated rings. The van der Waals surface area contributed by atoms with Gasteiger partial charge in [-0.2, -0.15) is 0 Å². The molecule has 1 heterocycles. The molecular formula is C12H13NO3. The summed E-state index contributed by atoms with van der Waals surface area (Å²) < 4.78 is 16.0. The summed E-state index contributed by atoms with van der Waals surface area (Å²) >= 11 is 0. The molecule has 0 aromatic heterocycles. The molecule has 0 saturated carbocycles. The Labute approximate surface area is 94.5 Å². The minimum Gasteiger partial charge on any atom is -0.480 e.